The van der Waals surface area contributed by atoms with Crippen LogP contribution in [0.4, 0.5) is 8.78 Å². The summed E-state index contributed by atoms with van der Waals surface area (Å²) in [4.78, 5) is 11.4. The minimum Gasteiger partial charge on any atom is -0.293 e. The zero-order valence-corrected chi connectivity index (χ0v) is 13.4. The number of carbonyl (C=O) groups excluding carboxylic acids is 1. The lowest BCUT2D eigenvalue weighted by Crippen LogP contribution is -2.31. The van der Waals surface area contributed by atoms with Gasteiger partial charge in [-0.2, -0.15) is 0 Å². The average Bonchev–Trinajstić information content (AvgIpc) is 2.24. The van der Waals surface area contributed by atoms with Crippen LogP contribution >= 0.6 is 0 Å². The summed E-state index contributed by atoms with van der Waals surface area (Å²) in [7, 11) is -4.15. The maximum Gasteiger partial charge on any atom is 0.243 e. The molecule has 21 heavy (non-hydrogen) atoms. The van der Waals surface area contributed by atoms with Gasteiger partial charge in [-0.3, -0.25) is 4.79 Å². The van der Waals surface area contributed by atoms with E-state index in [-0.39, 0.29) is 0 Å². The maximum atomic E-state index is 13.8. The summed E-state index contributed by atoms with van der Waals surface area (Å²) in [6.45, 7) is 7.84. The summed E-state index contributed by atoms with van der Waals surface area (Å²) in [5, 5.41) is 0. The van der Waals surface area contributed by atoms with Gasteiger partial charge in [-0.1, -0.05) is 20.8 Å². The molecule has 0 radical (unpaired) electrons. The fourth-order valence-electron chi connectivity index (χ4n) is 1.69. The molecule has 1 aromatic rings. The molecule has 0 heterocycles. The first-order valence-corrected chi connectivity index (χ1v) is 7.90. The number of rotatable bonds is 4. The molecule has 0 unspecified atom stereocenters. The van der Waals surface area contributed by atoms with Crippen molar-refractivity contribution in [2.45, 2.75) is 45.6 Å². The molecule has 1 N–H and O–H groups in total. The summed E-state index contributed by atoms with van der Waals surface area (Å²) in [5.74, 6) is -2.90. The topological polar surface area (TPSA) is 63.2 Å². The first-order valence-electron chi connectivity index (χ1n) is 6.42. The molecule has 118 valence electrons. The standard InChI is InChI=1S/C14H19F2NO3S/c1-8(2)17-21(19,20)12-6-9(10(15)7-11(12)16)13(18)14(3,4)5/h6-8,17H,1-5H3. The molecule has 7 heteroatoms. The van der Waals surface area contributed by atoms with Crippen molar-refractivity contribution in [3.63, 3.8) is 0 Å². The lowest BCUT2D eigenvalue weighted by atomic mass is 9.86. The molecule has 0 aromatic heterocycles. The molecule has 0 aliphatic carbocycles. The Kier molecular flexibility index (Phi) is 4.90. The van der Waals surface area contributed by atoms with E-state index in [9.17, 15) is 22.0 Å². The fourth-order valence-corrected chi connectivity index (χ4v) is 3.02. The van der Waals surface area contributed by atoms with Crippen LogP contribution in [0.15, 0.2) is 17.0 Å². The highest BCUT2D eigenvalue weighted by atomic mass is 32.2. The lowest BCUT2D eigenvalue weighted by molar-refractivity contribution is 0.0853. The number of hydrogen-bond donors (Lipinski definition) is 1. The molecule has 0 fully saturated rings. The van der Waals surface area contributed by atoms with Gasteiger partial charge in [0.15, 0.2) is 5.78 Å². The van der Waals surface area contributed by atoms with Crippen LogP contribution in [0.5, 0.6) is 0 Å². The maximum absolute atomic E-state index is 13.8. The van der Waals surface area contributed by atoms with Crippen LogP contribution in [0.2, 0.25) is 0 Å². The summed E-state index contributed by atoms with van der Waals surface area (Å²) in [6.07, 6.45) is 0. The normalized spacial score (nSPS) is 12.8. The second-order valence-corrected chi connectivity index (χ2v) is 7.80. The number of nitrogens with one attached hydrogen (secondary N) is 1. The van der Waals surface area contributed by atoms with Crippen molar-refractivity contribution in [2.75, 3.05) is 0 Å². The van der Waals surface area contributed by atoms with Crippen molar-refractivity contribution in [2.24, 2.45) is 5.41 Å². The second kappa shape index (κ2) is 5.81. The van der Waals surface area contributed by atoms with E-state index in [0.717, 1.165) is 6.07 Å². The number of Topliss-reactive ketones (excluding diaryl/α,β-unsaturated/α-hetero) is 1. The smallest absolute Gasteiger partial charge is 0.243 e. The fraction of sp³-hybridized carbons (Fsp3) is 0.500. The molecule has 1 rings (SSSR count). The van der Waals surface area contributed by atoms with Gasteiger partial charge in [0.1, 0.15) is 16.5 Å². The van der Waals surface area contributed by atoms with E-state index in [1.165, 1.54) is 0 Å². The molecule has 0 aliphatic rings. The summed E-state index contributed by atoms with van der Waals surface area (Å²) >= 11 is 0. The summed E-state index contributed by atoms with van der Waals surface area (Å²) in [5.41, 5.74) is -1.35. The van der Waals surface area contributed by atoms with Gasteiger partial charge in [-0.05, 0) is 19.9 Å². The largest absolute Gasteiger partial charge is 0.293 e. The van der Waals surface area contributed by atoms with Crippen LogP contribution in [0, 0.1) is 17.0 Å². The number of benzene rings is 1. The zero-order chi connectivity index (χ0) is 16.6. The lowest BCUT2D eigenvalue weighted by Gasteiger charge is -2.18. The molecule has 0 saturated heterocycles. The third kappa shape index (κ3) is 4.07. The molecule has 4 nitrogen and oxygen atoms in total. The van der Waals surface area contributed by atoms with Crippen molar-refractivity contribution in [3.05, 3.63) is 29.3 Å². The van der Waals surface area contributed by atoms with Crippen LogP contribution in [0.25, 0.3) is 0 Å². The molecular formula is C14H19F2NO3S. The van der Waals surface area contributed by atoms with E-state index >= 15 is 0 Å². The molecule has 0 spiro atoms. The van der Waals surface area contributed by atoms with E-state index in [1.807, 2.05) is 0 Å². The summed E-state index contributed by atoms with van der Waals surface area (Å²) in [6, 6.07) is 0.720. The van der Waals surface area contributed by atoms with Gasteiger partial charge in [0, 0.05) is 17.5 Å². The minimum atomic E-state index is -4.15. The van der Waals surface area contributed by atoms with Crippen LogP contribution in [0.3, 0.4) is 0 Å². The summed E-state index contributed by atoms with van der Waals surface area (Å²) < 4.78 is 53.8. The Hall–Kier alpha value is -1.34. The zero-order valence-electron chi connectivity index (χ0n) is 12.6. The quantitative estimate of drug-likeness (QED) is 0.868. The third-order valence-corrected chi connectivity index (χ3v) is 4.30. The van der Waals surface area contributed by atoms with Crippen LogP contribution in [0.1, 0.15) is 45.0 Å². The first kappa shape index (κ1) is 17.7. The number of hydrogen-bond acceptors (Lipinski definition) is 3. The highest BCUT2D eigenvalue weighted by Gasteiger charge is 2.29. The molecule has 0 saturated carbocycles. The van der Waals surface area contributed by atoms with Gasteiger partial charge in [0.05, 0.1) is 5.56 Å². The van der Waals surface area contributed by atoms with Crippen LogP contribution in [-0.2, 0) is 10.0 Å². The first-order chi connectivity index (χ1) is 9.36. The van der Waals surface area contributed by atoms with E-state index in [2.05, 4.69) is 4.72 Å². The van der Waals surface area contributed by atoms with E-state index in [0.29, 0.717) is 6.07 Å². The van der Waals surface area contributed by atoms with Crippen molar-refractivity contribution in [1.29, 1.82) is 0 Å². The van der Waals surface area contributed by atoms with Gasteiger partial charge in [-0.15, -0.1) is 0 Å². The Balaban J connectivity index is 3.48. The molecule has 0 amide bonds. The van der Waals surface area contributed by atoms with Gasteiger partial charge in [0.25, 0.3) is 0 Å². The van der Waals surface area contributed by atoms with E-state index in [4.69, 9.17) is 0 Å². The average molecular weight is 319 g/mol. The van der Waals surface area contributed by atoms with Crippen LogP contribution < -0.4 is 4.72 Å². The highest BCUT2D eigenvalue weighted by molar-refractivity contribution is 7.89. The monoisotopic (exact) mass is 319 g/mol. The number of carbonyl (C=O) groups is 1. The van der Waals surface area contributed by atoms with Crippen molar-refractivity contribution >= 4 is 15.8 Å². The van der Waals surface area contributed by atoms with E-state index in [1.54, 1.807) is 34.6 Å². The van der Waals surface area contributed by atoms with E-state index < -0.39 is 49.4 Å². The van der Waals surface area contributed by atoms with Gasteiger partial charge in [0.2, 0.25) is 10.0 Å². The van der Waals surface area contributed by atoms with Crippen LogP contribution in [-0.4, -0.2) is 20.2 Å². The minimum absolute atomic E-state index is 0.424. The van der Waals surface area contributed by atoms with Gasteiger partial charge in [-0.25, -0.2) is 21.9 Å². The molecule has 0 aliphatic heterocycles. The van der Waals surface area contributed by atoms with Gasteiger partial charge < -0.3 is 0 Å². The third-order valence-electron chi connectivity index (χ3n) is 2.63. The van der Waals surface area contributed by atoms with Crippen molar-refractivity contribution in [3.8, 4) is 0 Å². The molecule has 1 aromatic carbocycles. The Morgan fingerprint density at radius 2 is 1.67 bits per heavy atom. The van der Waals surface area contributed by atoms with Gasteiger partial charge >= 0.3 is 0 Å². The predicted molar refractivity (Wildman–Crippen MR) is 75.6 cm³/mol. The SMILES string of the molecule is CC(C)NS(=O)(=O)c1cc(C(=O)C(C)(C)C)c(F)cc1F. The second-order valence-electron chi connectivity index (χ2n) is 6.12. The van der Waals surface area contributed by atoms with Crippen molar-refractivity contribution < 1.29 is 22.0 Å². The number of ketones is 1. The molecule has 0 atom stereocenters. The van der Waals surface area contributed by atoms with Crippen molar-refractivity contribution in [1.82, 2.24) is 4.72 Å². The molecular weight excluding hydrogens is 300 g/mol. The Morgan fingerprint density at radius 1 is 1.14 bits per heavy atom. The Labute approximate surface area is 123 Å². The Morgan fingerprint density at radius 3 is 2.10 bits per heavy atom. The Bertz CT molecular complexity index is 662. The number of halogens is 2. The number of sulfonamides is 1. The highest BCUT2D eigenvalue weighted by Crippen LogP contribution is 2.26. The molecule has 0 bridgehead atoms. The predicted octanol–water partition coefficient (Wildman–Crippen LogP) is 2.88.